The number of aliphatic carboxylic acids is 1. The van der Waals surface area contributed by atoms with Gasteiger partial charge in [-0.1, -0.05) is 0 Å². The Morgan fingerprint density at radius 3 is 2.70 bits per heavy atom. The van der Waals surface area contributed by atoms with Crippen molar-refractivity contribution in [2.24, 2.45) is 5.73 Å². The third-order valence-electron chi connectivity index (χ3n) is 1.13. The highest BCUT2D eigenvalue weighted by Gasteiger charge is 2.13. The average molecular weight is 211 g/mol. The van der Waals surface area contributed by atoms with E-state index in [9.17, 15) is 4.79 Å². The number of halogens is 1. The zero-order chi connectivity index (χ0) is 7.98. The molecule has 0 aromatic heterocycles. The Bertz CT molecular complexity index is 110. The highest BCUT2D eigenvalue weighted by Crippen LogP contribution is 1.97. The first kappa shape index (κ1) is 9.87. The summed E-state index contributed by atoms with van der Waals surface area (Å²) in [5, 5.41) is 8.47. The zero-order valence-corrected chi connectivity index (χ0v) is 7.10. The lowest BCUT2D eigenvalue weighted by Crippen LogP contribution is -2.30. The fourth-order valence-electron chi connectivity index (χ4n) is 0.547. The van der Waals surface area contributed by atoms with E-state index in [1.54, 1.807) is 0 Å². The van der Waals surface area contributed by atoms with Gasteiger partial charge in [0.05, 0.1) is 0 Å². The van der Waals surface area contributed by atoms with E-state index >= 15 is 0 Å². The summed E-state index contributed by atoms with van der Waals surface area (Å²) in [7, 11) is 0. The minimum Gasteiger partial charge on any atom is -0.480 e. The van der Waals surface area contributed by atoms with Gasteiger partial charge in [0.15, 0.2) is 0 Å². The summed E-state index contributed by atoms with van der Waals surface area (Å²) in [6, 6.07) is -0.524. The summed E-state index contributed by atoms with van der Waals surface area (Å²) >= 11 is 2.87. The maximum atomic E-state index is 10.3. The van der Waals surface area contributed by atoms with Crippen LogP contribution in [0.1, 0.15) is 12.8 Å². The predicted molar refractivity (Wildman–Crippen MR) is 41.8 cm³/mol. The second kappa shape index (κ2) is 5.64. The van der Waals surface area contributed by atoms with Gasteiger partial charge < -0.3 is 10.8 Å². The van der Waals surface area contributed by atoms with Crippen LogP contribution in [-0.4, -0.2) is 23.7 Å². The quantitative estimate of drug-likeness (QED) is 0.563. The maximum Gasteiger partial charge on any atom is 0.321 e. The van der Waals surface area contributed by atoms with Crippen molar-refractivity contribution in [3.63, 3.8) is 0 Å². The molecule has 0 heterocycles. The van der Waals surface area contributed by atoms with Crippen molar-refractivity contribution in [1.29, 1.82) is 0 Å². The maximum absolute atomic E-state index is 10.3. The number of carbonyl (C=O) groups is 1. The van der Waals surface area contributed by atoms with E-state index in [2.05, 4.69) is 20.5 Å². The number of hydrogen-bond acceptors (Lipinski definition) is 3. The molecule has 60 valence electrons. The van der Waals surface area contributed by atoms with Crippen LogP contribution in [0.25, 0.3) is 0 Å². The second-order valence-electron chi connectivity index (χ2n) is 1.93. The number of hydrogen-bond donors (Lipinski definition) is 3. The average Bonchev–Trinajstić information content (AvgIpc) is 1.89. The zero-order valence-electron chi connectivity index (χ0n) is 5.51. The molecule has 0 aliphatic carbocycles. The summed E-state index contributed by atoms with van der Waals surface area (Å²) in [5.41, 5.74) is 5.20. The Kier molecular flexibility index (Phi) is 5.57. The predicted octanol–water partition coefficient (Wildman–Crippen LogP) is 0.0780. The van der Waals surface area contributed by atoms with Gasteiger partial charge in [-0.05, 0) is 19.4 Å². The Morgan fingerprint density at radius 2 is 2.40 bits per heavy atom. The molecule has 1 atom stereocenters. The third kappa shape index (κ3) is 3.81. The largest absolute Gasteiger partial charge is 0.480 e. The molecule has 0 aliphatic heterocycles. The first-order valence-electron chi connectivity index (χ1n) is 3.01. The van der Waals surface area contributed by atoms with Crippen molar-refractivity contribution in [1.82, 2.24) is 4.34 Å². The summed E-state index contributed by atoms with van der Waals surface area (Å²) < 4.78 is 2.49. The molecule has 0 radical (unpaired) electrons. The number of carboxylic acid groups (broad SMARTS) is 1. The molecule has 0 rings (SSSR count). The molecule has 4 nitrogen and oxygen atoms in total. The van der Waals surface area contributed by atoms with Crippen LogP contribution in [0, 0.1) is 0 Å². The lowest BCUT2D eigenvalue weighted by atomic mass is 10.2. The molecule has 4 N–H and O–H groups in total. The molecule has 0 aromatic carbocycles. The minimum atomic E-state index is -0.856. The smallest absolute Gasteiger partial charge is 0.321 e. The molecule has 0 spiro atoms. The number of nitrogens with two attached hydrogens (primary N) is 1. The van der Waals surface area contributed by atoms with Crippen LogP contribution in [0.5, 0.6) is 0 Å². The van der Waals surface area contributed by atoms with Gasteiger partial charge in [0.1, 0.15) is 6.04 Å². The van der Waals surface area contributed by atoms with Crippen LogP contribution >= 0.6 is 16.1 Å². The van der Waals surface area contributed by atoms with Crippen LogP contribution in [0.3, 0.4) is 0 Å². The van der Waals surface area contributed by atoms with Crippen LogP contribution in [0.15, 0.2) is 0 Å². The van der Waals surface area contributed by atoms with Gasteiger partial charge in [-0.3, -0.25) is 4.79 Å². The van der Waals surface area contributed by atoms with E-state index in [1.807, 2.05) is 0 Å². The van der Waals surface area contributed by atoms with Gasteiger partial charge in [0, 0.05) is 16.1 Å². The Balaban J connectivity index is 3.50. The molecule has 5 heteroatoms. The van der Waals surface area contributed by atoms with Gasteiger partial charge in [-0.25, -0.2) is 4.34 Å². The van der Waals surface area contributed by atoms with Crippen LogP contribution < -0.4 is 10.1 Å². The van der Waals surface area contributed by atoms with Gasteiger partial charge in [-0.15, -0.1) is 0 Å². The third-order valence-corrected chi connectivity index (χ3v) is 1.68. The van der Waals surface area contributed by atoms with Crippen molar-refractivity contribution in [3.05, 3.63) is 0 Å². The molecule has 0 bridgehead atoms. The molecule has 0 saturated carbocycles. The Hall–Kier alpha value is -0.130. The standard InChI is InChI=1S/C5H11BrN2O2/c6-8-4(5(9)10)2-1-3-7/h4,8H,1-3,7H2,(H,9,10)/t4-/m1/s1. The van der Waals surface area contributed by atoms with E-state index < -0.39 is 12.0 Å². The summed E-state index contributed by atoms with van der Waals surface area (Å²) in [4.78, 5) is 10.3. The number of rotatable bonds is 5. The first-order chi connectivity index (χ1) is 4.72. The van der Waals surface area contributed by atoms with Crippen LogP contribution in [-0.2, 0) is 4.79 Å². The molecule has 0 unspecified atom stereocenters. The first-order valence-corrected chi connectivity index (χ1v) is 3.80. The van der Waals surface area contributed by atoms with E-state index in [1.165, 1.54) is 0 Å². The van der Waals surface area contributed by atoms with Crippen molar-refractivity contribution in [2.45, 2.75) is 18.9 Å². The van der Waals surface area contributed by atoms with Gasteiger partial charge in [-0.2, -0.15) is 0 Å². The summed E-state index contributed by atoms with van der Waals surface area (Å²) in [5.74, 6) is -0.856. The van der Waals surface area contributed by atoms with E-state index in [4.69, 9.17) is 10.8 Å². The van der Waals surface area contributed by atoms with Gasteiger partial charge in [0.25, 0.3) is 0 Å². The van der Waals surface area contributed by atoms with E-state index in [0.717, 1.165) is 6.42 Å². The molecule has 0 fully saturated rings. The van der Waals surface area contributed by atoms with Crippen molar-refractivity contribution in [3.8, 4) is 0 Å². The molecule has 0 saturated heterocycles. The summed E-state index contributed by atoms with van der Waals surface area (Å²) in [6.07, 6.45) is 1.27. The van der Waals surface area contributed by atoms with Gasteiger partial charge in [0.2, 0.25) is 0 Å². The van der Waals surface area contributed by atoms with Crippen molar-refractivity contribution >= 4 is 22.1 Å². The highest BCUT2D eigenvalue weighted by atomic mass is 79.9. The molecular formula is C5H11BrN2O2. The van der Waals surface area contributed by atoms with E-state index in [-0.39, 0.29) is 0 Å². The second-order valence-corrected chi connectivity index (χ2v) is 2.39. The number of carboxylic acids is 1. The topological polar surface area (TPSA) is 75.3 Å². The monoisotopic (exact) mass is 210 g/mol. The fourth-order valence-corrected chi connectivity index (χ4v) is 0.971. The molecule has 0 aliphatic rings. The molecular weight excluding hydrogens is 200 g/mol. The Morgan fingerprint density at radius 1 is 1.80 bits per heavy atom. The SMILES string of the molecule is NCCC[C@@H](NBr)C(=O)O. The van der Waals surface area contributed by atoms with E-state index in [0.29, 0.717) is 13.0 Å². The van der Waals surface area contributed by atoms with Crippen LogP contribution in [0.4, 0.5) is 0 Å². The van der Waals surface area contributed by atoms with Crippen LogP contribution in [0.2, 0.25) is 0 Å². The summed E-state index contributed by atoms with van der Waals surface area (Å²) in [6.45, 7) is 0.526. The minimum absolute atomic E-state index is 0.524. The fraction of sp³-hybridized carbons (Fsp3) is 0.800. The number of nitrogens with one attached hydrogen (secondary N) is 1. The van der Waals surface area contributed by atoms with Gasteiger partial charge >= 0.3 is 5.97 Å². The normalized spacial score (nSPS) is 13.0. The van der Waals surface area contributed by atoms with Crippen molar-refractivity contribution in [2.75, 3.05) is 6.54 Å². The lowest BCUT2D eigenvalue weighted by molar-refractivity contribution is -0.139. The Labute approximate surface area is 68.1 Å². The highest BCUT2D eigenvalue weighted by molar-refractivity contribution is 9.08. The molecule has 0 aromatic rings. The lowest BCUT2D eigenvalue weighted by Gasteiger charge is -2.07. The molecule has 10 heavy (non-hydrogen) atoms. The van der Waals surface area contributed by atoms with Crippen molar-refractivity contribution < 1.29 is 9.90 Å². The molecule has 0 amide bonds.